The van der Waals surface area contributed by atoms with Crippen LogP contribution in [-0.2, 0) is 23.0 Å². The average Bonchev–Trinajstić information content (AvgIpc) is 2.94. The van der Waals surface area contributed by atoms with E-state index < -0.39 is 14.9 Å². The Labute approximate surface area is 132 Å². The highest BCUT2D eigenvalue weighted by Crippen LogP contribution is 2.30. The third-order valence-electron chi connectivity index (χ3n) is 3.79. The highest BCUT2D eigenvalue weighted by molar-refractivity contribution is 7.89. The second-order valence-corrected chi connectivity index (χ2v) is 8.10. The molecule has 0 amide bonds. The molecule has 0 saturated carbocycles. The van der Waals surface area contributed by atoms with Gasteiger partial charge >= 0.3 is 0 Å². The third kappa shape index (κ3) is 2.53. The van der Waals surface area contributed by atoms with Crippen molar-refractivity contribution in [3.8, 4) is 0 Å². The maximum Gasteiger partial charge on any atom is 0.273 e. The van der Waals surface area contributed by atoms with Crippen LogP contribution in [0.15, 0.2) is 34.5 Å². The molecule has 1 aliphatic rings. The van der Waals surface area contributed by atoms with E-state index in [4.69, 9.17) is 0 Å². The number of hydrogen-bond acceptors (Lipinski definition) is 5. The molecule has 6 nitrogen and oxygen atoms in total. The molecule has 0 spiro atoms. The first kappa shape index (κ1) is 15.1. The highest BCUT2D eigenvalue weighted by Gasteiger charge is 2.30. The maximum absolute atomic E-state index is 12.7. The second kappa shape index (κ2) is 5.45. The van der Waals surface area contributed by atoms with Crippen molar-refractivity contribution in [2.24, 2.45) is 0 Å². The molecule has 0 bridgehead atoms. The lowest BCUT2D eigenvalue weighted by molar-refractivity contribution is -0.385. The van der Waals surface area contributed by atoms with Gasteiger partial charge in [-0.25, -0.2) is 8.42 Å². The van der Waals surface area contributed by atoms with Gasteiger partial charge in [0.1, 0.15) is 0 Å². The largest absolute Gasteiger partial charge is 0.273 e. The summed E-state index contributed by atoms with van der Waals surface area (Å²) in [7, 11) is -3.72. The first-order valence-electron chi connectivity index (χ1n) is 6.70. The van der Waals surface area contributed by atoms with Crippen molar-refractivity contribution in [3.63, 3.8) is 0 Å². The van der Waals surface area contributed by atoms with Gasteiger partial charge in [-0.15, -0.1) is 11.3 Å². The fraction of sp³-hybridized carbons (Fsp3) is 0.286. The molecule has 116 valence electrons. The molecular weight excluding hydrogens is 324 g/mol. The van der Waals surface area contributed by atoms with E-state index in [9.17, 15) is 18.5 Å². The van der Waals surface area contributed by atoms with Crippen molar-refractivity contribution in [1.82, 2.24) is 4.31 Å². The molecule has 3 rings (SSSR count). The number of fused-ring (bicyclic) bond motifs is 1. The predicted molar refractivity (Wildman–Crippen MR) is 83.5 cm³/mol. The zero-order valence-corrected chi connectivity index (χ0v) is 13.5. The molecule has 2 heterocycles. The van der Waals surface area contributed by atoms with Gasteiger partial charge in [-0.05, 0) is 36.4 Å². The first-order chi connectivity index (χ1) is 10.4. The molecule has 0 N–H and O–H groups in total. The van der Waals surface area contributed by atoms with Crippen LogP contribution >= 0.6 is 11.3 Å². The summed E-state index contributed by atoms with van der Waals surface area (Å²) in [5, 5.41) is 13.0. The summed E-state index contributed by atoms with van der Waals surface area (Å²) in [6.07, 6.45) is 0.681. The number of nitro groups is 1. The minimum Gasteiger partial charge on any atom is -0.258 e. The number of rotatable bonds is 3. The van der Waals surface area contributed by atoms with E-state index in [2.05, 4.69) is 0 Å². The molecule has 22 heavy (non-hydrogen) atoms. The minimum atomic E-state index is -3.72. The molecule has 0 radical (unpaired) electrons. The zero-order chi connectivity index (χ0) is 15.9. The summed E-state index contributed by atoms with van der Waals surface area (Å²) in [4.78, 5) is 11.6. The fourth-order valence-corrected chi connectivity index (χ4v) is 4.85. The van der Waals surface area contributed by atoms with Crippen LogP contribution < -0.4 is 0 Å². The smallest absolute Gasteiger partial charge is 0.258 e. The van der Waals surface area contributed by atoms with Crippen LogP contribution in [0, 0.1) is 17.0 Å². The molecular formula is C14H14N2O4S2. The number of nitrogens with zero attached hydrogens (tertiary/aromatic N) is 2. The van der Waals surface area contributed by atoms with Crippen LogP contribution in [0.25, 0.3) is 0 Å². The van der Waals surface area contributed by atoms with Gasteiger partial charge in [-0.3, -0.25) is 10.1 Å². The Hall–Kier alpha value is -1.77. The fourth-order valence-electron chi connectivity index (χ4n) is 2.52. The monoisotopic (exact) mass is 338 g/mol. The van der Waals surface area contributed by atoms with E-state index >= 15 is 0 Å². The summed E-state index contributed by atoms with van der Waals surface area (Å²) in [6, 6.07) is 5.98. The maximum atomic E-state index is 12.7. The Morgan fingerprint density at radius 1 is 1.32 bits per heavy atom. The van der Waals surface area contributed by atoms with Crippen LogP contribution in [-0.4, -0.2) is 24.2 Å². The molecule has 0 unspecified atom stereocenters. The zero-order valence-electron chi connectivity index (χ0n) is 11.9. The molecule has 0 aliphatic carbocycles. The van der Waals surface area contributed by atoms with Crippen molar-refractivity contribution >= 4 is 27.0 Å². The standard InChI is InChI=1S/C14H14N2O4S2/c1-10-2-3-12(8-13(10)16(17)18)22(19,20)15-6-4-14-11(9-15)5-7-21-14/h2-3,5,7-8H,4,6,9H2,1H3. The van der Waals surface area contributed by atoms with Gasteiger partial charge in [-0.2, -0.15) is 4.31 Å². The van der Waals surface area contributed by atoms with Crippen molar-refractivity contribution in [2.45, 2.75) is 24.8 Å². The minimum absolute atomic E-state index is 0.0246. The number of nitro benzene ring substituents is 1. The number of thiophene rings is 1. The molecule has 2 aromatic rings. The van der Waals surface area contributed by atoms with E-state index in [1.54, 1.807) is 18.3 Å². The Morgan fingerprint density at radius 3 is 2.82 bits per heavy atom. The molecule has 0 fully saturated rings. The Balaban J connectivity index is 1.97. The van der Waals surface area contributed by atoms with Gasteiger partial charge in [0.25, 0.3) is 5.69 Å². The molecule has 1 aliphatic heterocycles. The topological polar surface area (TPSA) is 80.5 Å². The van der Waals surface area contributed by atoms with E-state index in [-0.39, 0.29) is 10.6 Å². The number of aryl methyl sites for hydroxylation is 1. The number of benzene rings is 1. The van der Waals surface area contributed by atoms with Crippen molar-refractivity contribution in [3.05, 3.63) is 55.8 Å². The van der Waals surface area contributed by atoms with E-state index in [0.29, 0.717) is 25.1 Å². The van der Waals surface area contributed by atoms with Crippen molar-refractivity contribution in [1.29, 1.82) is 0 Å². The van der Waals surface area contributed by atoms with Gasteiger partial charge in [-0.1, -0.05) is 6.07 Å². The van der Waals surface area contributed by atoms with Crippen LogP contribution in [0.4, 0.5) is 5.69 Å². The highest BCUT2D eigenvalue weighted by atomic mass is 32.2. The lowest BCUT2D eigenvalue weighted by Gasteiger charge is -2.26. The summed E-state index contributed by atoms with van der Waals surface area (Å²) in [5.41, 5.74) is 1.29. The third-order valence-corrected chi connectivity index (χ3v) is 6.65. The quantitative estimate of drug-likeness (QED) is 0.636. The van der Waals surface area contributed by atoms with E-state index in [1.807, 2.05) is 11.4 Å². The first-order valence-corrected chi connectivity index (χ1v) is 9.02. The SMILES string of the molecule is Cc1ccc(S(=O)(=O)N2CCc3sccc3C2)cc1[N+](=O)[O-]. The van der Waals surface area contributed by atoms with Crippen molar-refractivity contribution in [2.75, 3.05) is 6.54 Å². The number of hydrogen-bond donors (Lipinski definition) is 0. The van der Waals surface area contributed by atoms with Crippen LogP contribution in [0.3, 0.4) is 0 Å². The van der Waals surface area contributed by atoms with Crippen molar-refractivity contribution < 1.29 is 13.3 Å². The van der Waals surface area contributed by atoms with Gasteiger partial charge in [0.2, 0.25) is 10.0 Å². The van der Waals surface area contributed by atoms with Gasteiger partial charge < -0.3 is 0 Å². The average molecular weight is 338 g/mol. The normalized spacial score (nSPS) is 15.5. The summed E-state index contributed by atoms with van der Waals surface area (Å²) in [5.74, 6) is 0. The van der Waals surface area contributed by atoms with Gasteiger partial charge in [0.05, 0.1) is 9.82 Å². The molecule has 8 heteroatoms. The predicted octanol–water partition coefficient (Wildman–Crippen LogP) is 2.71. The Kier molecular flexibility index (Phi) is 3.75. The summed E-state index contributed by atoms with van der Waals surface area (Å²) in [6.45, 7) is 2.31. The van der Waals surface area contributed by atoms with Gasteiger partial charge in [0, 0.05) is 29.6 Å². The molecule has 1 aromatic heterocycles. The lowest BCUT2D eigenvalue weighted by atomic mass is 10.1. The van der Waals surface area contributed by atoms with Crippen LogP contribution in [0.2, 0.25) is 0 Å². The molecule has 0 atom stereocenters. The number of sulfonamides is 1. The van der Waals surface area contributed by atoms with E-state index in [0.717, 1.165) is 11.6 Å². The second-order valence-electron chi connectivity index (χ2n) is 5.16. The Morgan fingerprint density at radius 2 is 2.09 bits per heavy atom. The van der Waals surface area contributed by atoms with Crippen LogP contribution in [0.5, 0.6) is 0 Å². The summed E-state index contributed by atoms with van der Waals surface area (Å²) < 4.78 is 26.8. The Bertz CT molecular complexity index is 842. The van der Waals surface area contributed by atoms with E-state index in [1.165, 1.54) is 21.3 Å². The summed E-state index contributed by atoms with van der Waals surface area (Å²) >= 11 is 1.63. The molecule has 0 saturated heterocycles. The lowest BCUT2D eigenvalue weighted by Crippen LogP contribution is -2.35. The van der Waals surface area contributed by atoms with Crippen LogP contribution in [0.1, 0.15) is 16.0 Å². The van der Waals surface area contributed by atoms with Gasteiger partial charge in [0.15, 0.2) is 0 Å². The molecule has 1 aromatic carbocycles.